The smallest absolute Gasteiger partial charge is 0.264 e. The number of benzene rings is 2. The first-order valence-corrected chi connectivity index (χ1v) is 9.99. The molecule has 0 saturated heterocycles. The molecule has 8 heteroatoms. The first-order chi connectivity index (χ1) is 13.5. The van der Waals surface area contributed by atoms with Gasteiger partial charge < -0.3 is 8.94 Å². The van der Waals surface area contributed by atoms with E-state index < -0.39 is 10.0 Å². The van der Waals surface area contributed by atoms with Crippen LogP contribution in [0.1, 0.15) is 11.3 Å². The quantitative estimate of drug-likeness (QED) is 0.537. The van der Waals surface area contributed by atoms with Gasteiger partial charge in [-0.05, 0) is 31.5 Å². The molecule has 0 fully saturated rings. The highest BCUT2D eigenvalue weighted by Crippen LogP contribution is 2.33. The van der Waals surface area contributed by atoms with Crippen molar-refractivity contribution in [2.24, 2.45) is 0 Å². The van der Waals surface area contributed by atoms with Crippen molar-refractivity contribution in [3.05, 3.63) is 72.2 Å². The van der Waals surface area contributed by atoms with E-state index in [4.69, 9.17) is 8.94 Å². The maximum absolute atomic E-state index is 13.2. The van der Waals surface area contributed by atoms with Gasteiger partial charge in [-0.25, -0.2) is 18.1 Å². The molecule has 2 heterocycles. The van der Waals surface area contributed by atoms with Crippen LogP contribution < -0.4 is 4.72 Å². The average molecular weight is 395 g/mol. The van der Waals surface area contributed by atoms with Crippen molar-refractivity contribution < 1.29 is 17.4 Å². The second-order valence-corrected chi connectivity index (χ2v) is 7.89. The second-order valence-electron chi connectivity index (χ2n) is 6.24. The van der Waals surface area contributed by atoms with Crippen molar-refractivity contribution in [1.29, 1.82) is 0 Å². The molecule has 142 valence electrons. The maximum Gasteiger partial charge on any atom is 0.264 e. The maximum atomic E-state index is 13.2. The van der Waals surface area contributed by atoms with Gasteiger partial charge in [0, 0.05) is 16.7 Å². The second kappa shape index (κ2) is 6.97. The molecule has 0 radical (unpaired) electrons. The summed E-state index contributed by atoms with van der Waals surface area (Å²) in [5.41, 5.74) is 3.13. The number of hydrogen-bond acceptors (Lipinski definition) is 6. The van der Waals surface area contributed by atoms with Crippen molar-refractivity contribution in [3.63, 3.8) is 0 Å². The number of nitrogens with zero attached hydrogens (tertiary/aromatic N) is 2. The molecule has 0 aliphatic carbocycles. The normalized spacial score (nSPS) is 11.5. The monoisotopic (exact) mass is 395 g/mol. The van der Waals surface area contributed by atoms with Crippen molar-refractivity contribution >= 4 is 15.9 Å². The Morgan fingerprint density at radius 2 is 1.79 bits per heavy atom. The molecule has 0 amide bonds. The summed E-state index contributed by atoms with van der Waals surface area (Å²) in [6.45, 7) is 3.49. The van der Waals surface area contributed by atoms with Crippen LogP contribution in [0.5, 0.6) is 0 Å². The summed E-state index contributed by atoms with van der Waals surface area (Å²) in [6, 6.07) is 14.3. The third-order valence-electron chi connectivity index (χ3n) is 4.42. The van der Waals surface area contributed by atoms with Crippen molar-refractivity contribution in [2.45, 2.75) is 18.7 Å². The molecule has 1 N–H and O–H groups in total. The lowest BCUT2D eigenvalue weighted by Crippen LogP contribution is -2.14. The number of anilines is 1. The van der Waals surface area contributed by atoms with Gasteiger partial charge in [-0.3, -0.25) is 0 Å². The first-order valence-electron chi connectivity index (χ1n) is 8.51. The van der Waals surface area contributed by atoms with Gasteiger partial charge in [0.2, 0.25) is 11.8 Å². The summed E-state index contributed by atoms with van der Waals surface area (Å²) in [4.78, 5) is 4.19. The minimum absolute atomic E-state index is 0.0860. The molecule has 7 nitrogen and oxygen atoms in total. The van der Waals surface area contributed by atoms with Crippen molar-refractivity contribution in [3.8, 4) is 22.6 Å². The van der Waals surface area contributed by atoms with Gasteiger partial charge in [0.15, 0.2) is 0 Å². The number of sulfonamides is 1. The van der Waals surface area contributed by atoms with Crippen LogP contribution in [-0.2, 0) is 10.0 Å². The number of oxazole rings is 1. The minimum atomic E-state index is -3.97. The van der Waals surface area contributed by atoms with Crippen LogP contribution in [0.25, 0.3) is 22.6 Å². The molecule has 28 heavy (non-hydrogen) atoms. The molecule has 0 saturated carbocycles. The molecule has 4 aromatic rings. The van der Waals surface area contributed by atoms with Gasteiger partial charge in [0.05, 0.1) is 16.8 Å². The molecular formula is C20H17N3O4S. The van der Waals surface area contributed by atoms with Crippen LogP contribution in [0.2, 0.25) is 0 Å². The van der Waals surface area contributed by atoms with E-state index in [1.165, 1.54) is 18.5 Å². The summed E-state index contributed by atoms with van der Waals surface area (Å²) >= 11 is 0. The Bertz CT molecular complexity index is 1210. The van der Waals surface area contributed by atoms with Gasteiger partial charge in [0.1, 0.15) is 6.26 Å². The molecule has 4 rings (SSSR count). The Morgan fingerprint density at radius 3 is 2.43 bits per heavy atom. The van der Waals surface area contributed by atoms with Crippen LogP contribution in [0.15, 0.2) is 74.8 Å². The van der Waals surface area contributed by atoms with Gasteiger partial charge in [-0.1, -0.05) is 41.6 Å². The van der Waals surface area contributed by atoms with Gasteiger partial charge in [0.25, 0.3) is 10.0 Å². The van der Waals surface area contributed by atoms with E-state index in [1.807, 2.05) is 30.3 Å². The minimum Gasteiger partial charge on any atom is -0.445 e. The lowest BCUT2D eigenvalue weighted by Gasteiger charge is -2.13. The fourth-order valence-electron chi connectivity index (χ4n) is 2.79. The fraction of sp³-hybridized carbons (Fsp3) is 0.100. The van der Waals surface area contributed by atoms with Crippen LogP contribution in [0.3, 0.4) is 0 Å². The highest BCUT2D eigenvalue weighted by Gasteiger charge is 2.24. The number of hydrogen-bond donors (Lipinski definition) is 1. The van der Waals surface area contributed by atoms with E-state index >= 15 is 0 Å². The van der Waals surface area contributed by atoms with E-state index in [9.17, 15) is 8.42 Å². The molecule has 0 bridgehead atoms. The Labute approximate surface area is 162 Å². The number of rotatable bonds is 5. The summed E-state index contributed by atoms with van der Waals surface area (Å²) < 4.78 is 39.4. The van der Waals surface area contributed by atoms with E-state index in [2.05, 4.69) is 14.9 Å². The summed E-state index contributed by atoms with van der Waals surface area (Å²) in [7, 11) is -3.97. The first kappa shape index (κ1) is 18.0. The SMILES string of the molecule is Cc1noc(NS(=O)(=O)c2cc(-c3ncco3)ccc2-c2ccccc2)c1C. The summed E-state index contributed by atoms with van der Waals surface area (Å²) in [5, 5.41) is 3.81. The van der Waals surface area contributed by atoms with Crippen LogP contribution in [-0.4, -0.2) is 18.6 Å². The Balaban J connectivity index is 1.87. The lowest BCUT2D eigenvalue weighted by molar-refractivity contribution is 0.430. The third kappa shape index (κ3) is 3.29. The fourth-order valence-corrected chi connectivity index (χ4v) is 4.09. The molecule has 0 aliphatic rings. The molecule has 0 atom stereocenters. The van der Waals surface area contributed by atoms with Crippen LogP contribution in [0.4, 0.5) is 5.88 Å². The summed E-state index contributed by atoms with van der Waals surface area (Å²) in [6.07, 6.45) is 2.95. The molecular weight excluding hydrogens is 378 g/mol. The molecule has 0 unspecified atom stereocenters. The van der Waals surface area contributed by atoms with E-state index in [1.54, 1.807) is 26.0 Å². The van der Waals surface area contributed by atoms with Gasteiger partial charge in [-0.2, -0.15) is 0 Å². The zero-order valence-electron chi connectivity index (χ0n) is 15.2. The zero-order chi connectivity index (χ0) is 19.7. The van der Waals surface area contributed by atoms with E-state index in [-0.39, 0.29) is 10.8 Å². The zero-order valence-corrected chi connectivity index (χ0v) is 16.0. The highest BCUT2D eigenvalue weighted by molar-refractivity contribution is 7.92. The van der Waals surface area contributed by atoms with Gasteiger partial charge in [-0.15, -0.1) is 0 Å². The average Bonchev–Trinajstić information content (AvgIpc) is 3.34. The van der Waals surface area contributed by atoms with Gasteiger partial charge >= 0.3 is 0 Å². The van der Waals surface area contributed by atoms with E-state index in [0.717, 1.165) is 5.56 Å². The van der Waals surface area contributed by atoms with Crippen molar-refractivity contribution in [2.75, 3.05) is 4.72 Å². The van der Waals surface area contributed by atoms with Crippen molar-refractivity contribution in [1.82, 2.24) is 10.1 Å². The molecule has 2 aromatic heterocycles. The predicted molar refractivity (Wildman–Crippen MR) is 104 cm³/mol. The lowest BCUT2D eigenvalue weighted by atomic mass is 10.0. The van der Waals surface area contributed by atoms with Crippen LogP contribution >= 0.6 is 0 Å². The molecule has 0 spiro atoms. The predicted octanol–water partition coefficient (Wildman–Crippen LogP) is 4.41. The Morgan fingerprint density at radius 1 is 1.00 bits per heavy atom. The number of aryl methyl sites for hydroxylation is 1. The largest absolute Gasteiger partial charge is 0.445 e. The highest BCUT2D eigenvalue weighted by atomic mass is 32.2. The Kier molecular flexibility index (Phi) is 4.48. The Hall–Kier alpha value is -3.39. The molecule has 0 aliphatic heterocycles. The van der Waals surface area contributed by atoms with Crippen LogP contribution in [0, 0.1) is 13.8 Å². The summed E-state index contributed by atoms with van der Waals surface area (Å²) in [5.74, 6) is 0.431. The van der Waals surface area contributed by atoms with E-state index in [0.29, 0.717) is 28.3 Å². The topological polar surface area (TPSA) is 98.2 Å². The number of nitrogens with one attached hydrogen (secondary N) is 1. The third-order valence-corrected chi connectivity index (χ3v) is 5.79. The molecule has 2 aromatic carbocycles. The number of aromatic nitrogens is 2. The standard InChI is InChI=1S/C20H17N3O4S/c1-13-14(2)22-27-19(13)23-28(24,25)18-12-16(20-21-10-11-26-20)8-9-17(18)15-6-4-3-5-7-15/h3-12,23H,1-2H3.